The van der Waals surface area contributed by atoms with Crippen molar-refractivity contribution in [1.29, 1.82) is 0 Å². The van der Waals surface area contributed by atoms with Gasteiger partial charge in [-0.1, -0.05) is 103 Å². The van der Waals surface area contributed by atoms with E-state index in [0.717, 1.165) is 11.1 Å². The quantitative estimate of drug-likeness (QED) is 0.111. The number of aliphatic hydroxyl groups is 1. The second-order valence-electron chi connectivity index (χ2n) is 10.9. The lowest BCUT2D eigenvalue weighted by atomic mass is 9.98. The zero-order valence-electron chi connectivity index (χ0n) is 26.4. The largest absolute Gasteiger partial charge is 0.454 e. The third-order valence-corrected chi connectivity index (χ3v) is 7.25. The van der Waals surface area contributed by atoms with Crippen molar-refractivity contribution in [3.8, 4) is 0 Å². The SMILES string of the molecule is C=CC[C@H](CC(=O)N[C@@H](CO)Cc1ccccc1)C(=O)NC[C@H](OC(=O)[C@@H](CC=C)NC(=O)OCc1ccccc1)c1ccccc1. The molecule has 10 heteroatoms. The Hall–Kier alpha value is -5.22. The molecule has 0 bridgehead atoms. The Kier molecular flexibility index (Phi) is 15.4. The van der Waals surface area contributed by atoms with Gasteiger partial charge in [-0.05, 0) is 36.0 Å². The van der Waals surface area contributed by atoms with Crippen LogP contribution in [-0.4, -0.2) is 54.2 Å². The molecule has 10 nitrogen and oxygen atoms in total. The van der Waals surface area contributed by atoms with Crippen LogP contribution in [0.15, 0.2) is 116 Å². The van der Waals surface area contributed by atoms with Crippen LogP contribution >= 0.6 is 0 Å². The summed E-state index contributed by atoms with van der Waals surface area (Å²) in [4.78, 5) is 51.9. The zero-order chi connectivity index (χ0) is 33.9. The van der Waals surface area contributed by atoms with E-state index in [2.05, 4.69) is 29.1 Å². The Morgan fingerprint density at radius 2 is 1.38 bits per heavy atom. The van der Waals surface area contributed by atoms with E-state index in [1.165, 1.54) is 6.08 Å². The van der Waals surface area contributed by atoms with E-state index in [-0.39, 0.29) is 44.9 Å². The van der Waals surface area contributed by atoms with Crippen molar-refractivity contribution < 1.29 is 33.8 Å². The topological polar surface area (TPSA) is 143 Å². The molecule has 3 amide bonds. The summed E-state index contributed by atoms with van der Waals surface area (Å²) in [7, 11) is 0. The lowest BCUT2D eigenvalue weighted by Gasteiger charge is -2.24. The van der Waals surface area contributed by atoms with Crippen molar-refractivity contribution in [3.63, 3.8) is 0 Å². The van der Waals surface area contributed by atoms with Gasteiger partial charge in [0.25, 0.3) is 0 Å². The molecule has 3 aromatic rings. The molecule has 0 fully saturated rings. The molecule has 0 saturated carbocycles. The van der Waals surface area contributed by atoms with Gasteiger partial charge >= 0.3 is 12.1 Å². The number of carbonyl (C=O) groups is 4. The van der Waals surface area contributed by atoms with Crippen molar-refractivity contribution >= 4 is 23.9 Å². The molecule has 0 spiro atoms. The number of ether oxygens (including phenoxy) is 2. The number of aliphatic hydroxyl groups excluding tert-OH is 1. The minimum atomic E-state index is -1.08. The lowest BCUT2D eigenvalue weighted by molar-refractivity contribution is -0.152. The summed E-state index contributed by atoms with van der Waals surface area (Å²) < 4.78 is 11.1. The number of rotatable bonds is 19. The molecular weight excluding hydrogens is 598 g/mol. The number of alkyl carbamates (subject to hydrolysis) is 1. The summed E-state index contributed by atoms with van der Waals surface area (Å²) in [5, 5.41) is 18.0. The Balaban J connectivity index is 1.61. The van der Waals surface area contributed by atoms with Gasteiger partial charge in [0.05, 0.1) is 25.1 Å². The number of carbonyl (C=O) groups excluding carboxylic acids is 4. The van der Waals surface area contributed by atoms with Crippen LogP contribution in [0.4, 0.5) is 4.79 Å². The average Bonchev–Trinajstić information content (AvgIpc) is 3.09. The summed E-state index contributed by atoms with van der Waals surface area (Å²) >= 11 is 0. The molecule has 0 aliphatic heterocycles. The van der Waals surface area contributed by atoms with E-state index >= 15 is 0 Å². The molecule has 0 aromatic heterocycles. The molecule has 0 heterocycles. The first-order valence-electron chi connectivity index (χ1n) is 15.5. The number of esters is 1. The first-order chi connectivity index (χ1) is 22.8. The van der Waals surface area contributed by atoms with Crippen LogP contribution in [0.2, 0.25) is 0 Å². The van der Waals surface area contributed by atoms with Crippen LogP contribution < -0.4 is 16.0 Å². The molecule has 0 aliphatic carbocycles. The number of nitrogens with one attached hydrogen (secondary N) is 3. The maximum atomic E-state index is 13.3. The third kappa shape index (κ3) is 13.0. The fourth-order valence-electron chi connectivity index (χ4n) is 4.80. The highest BCUT2D eigenvalue weighted by molar-refractivity contribution is 5.86. The lowest BCUT2D eigenvalue weighted by Crippen LogP contribution is -2.44. The standard InChI is InChI=1S/C37H43N3O7/c1-3-14-30(23-34(42)39-31(25-41)22-27-16-8-5-9-17-27)35(43)38-24-33(29-20-12-7-13-21-29)47-36(44)32(15-4-2)40-37(45)46-26-28-18-10-6-11-19-28/h3-13,16-21,30-33,41H,1-2,14-15,22-26H2,(H,38,43)(H,39,42)(H,40,45)/t30-,31-,32-,33+/m1/s1. The molecule has 4 N–H and O–H groups in total. The van der Waals surface area contributed by atoms with E-state index in [0.29, 0.717) is 12.0 Å². The first-order valence-corrected chi connectivity index (χ1v) is 15.5. The van der Waals surface area contributed by atoms with Gasteiger partial charge in [0.2, 0.25) is 11.8 Å². The molecule has 4 atom stereocenters. The van der Waals surface area contributed by atoms with E-state index < -0.39 is 42.1 Å². The van der Waals surface area contributed by atoms with Crippen molar-refractivity contribution in [2.75, 3.05) is 13.2 Å². The first kappa shape index (κ1) is 36.3. The third-order valence-electron chi connectivity index (χ3n) is 7.25. The summed E-state index contributed by atoms with van der Waals surface area (Å²) in [6.45, 7) is 7.08. The van der Waals surface area contributed by atoms with E-state index in [1.807, 2.05) is 66.7 Å². The molecule has 3 rings (SSSR count). The average molecular weight is 642 g/mol. The summed E-state index contributed by atoms with van der Waals surface area (Å²) in [5.41, 5.74) is 2.37. The zero-order valence-corrected chi connectivity index (χ0v) is 26.4. The van der Waals surface area contributed by atoms with E-state index in [1.54, 1.807) is 30.3 Å². The van der Waals surface area contributed by atoms with Crippen LogP contribution in [0.3, 0.4) is 0 Å². The number of hydrogen-bond acceptors (Lipinski definition) is 7. The molecule has 0 radical (unpaired) electrons. The highest BCUT2D eigenvalue weighted by atomic mass is 16.6. The highest BCUT2D eigenvalue weighted by Crippen LogP contribution is 2.19. The van der Waals surface area contributed by atoms with Crippen molar-refractivity contribution in [3.05, 3.63) is 133 Å². The molecule has 47 heavy (non-hydrogen) atoms. The second-order valence-corrected chi connectivity index (χ2v) is 10.9. The van der Waals surface area contributed by atoms with Crippen molar-refractivity contribution in [1.82, 2.24) is 16.0 Å². The Morgan fingerprint density at radius 3 is 1.98 bits per heavy atom. The van der Waals surface area contributed by atoms with E-state index in [4.69, 9.17) is 9.47 Å². The Bertz CT molecular complexity index is 1430. The molecule has 3 aromatic carbocycles. The molecule has 0 aliphatic rings. The Labute approximate surface area is 275 Å². The fraction of sp³-hybridized carbons (Fsp3) is 0.297. The normalized spacial score (nSPS) is 13.1. The van der Waals surface area contributed by atoms with Crippen LogP contribution in [0.25, 0.3) is 0 Å². The smallest absolute Gasteiger partial charge is 0.408 e. The van der Waals surface area contributed by atoms with Gasteiger partial charge in [-0.2, -0.15) is 0 Å². The summed E-state index contributed by atoms with van der Waals surface area (Å²) in [5.74, 6) is -2.29. The van der Waals surface area contributed by atoms with Gasteiger partial charge < -0.3 is 30.5 Å². The number of benzene rings is 3. The molecular formula is C37H43N3O7. The van der Waals surface area contributed by atoms with Gasteiger partial charge in [-0.15, -0.1) is 13.2 Å². The van der Waals surface area contributed by atoms with Crippen LogP contribution in [0, 0.1) is 5.92 Å². The van der Waals surface area contributed by atoms with Gasteiger partial charge in [0, 0.05) is 6.42 Å². The minimum Gasteiger partial charge on any atom is -0.454 e. The minimum absolute atomic E-state index is 0.0266. The van der Waals surface area contributed by atoms with Gasteiger partial charge in [-0.3, -0.25) is 9.59 Å². The van der Waals surface area contributed by atoms with E-state index in [9.17, 15) is 24.3 Å². The van der Waals surface area contributed by atoms with Gasteiger partial charge in [-0.25, -0.2) is 9.59 Å². The number of amides is 3. The number of allylic oxidation sites excluding steroid dienone is 1. The van der Waals surface area contributed by atoms with Gasteiger partial charge in [0.1, 0.15) is 18.8 Å². The summed E-state index contributed by atoms with van der Waals surface area (Å²) in [6, 6.07) is 25.9. The molecule has 248 valence electrons. The van der Waals surface area contributed by atoms with Crippen LogP contribution in [-0.2, 0) is 36.9 Å². The second kappa shape index (κ2) is 20.0. The molecule has 0 saturated heterocycles. The maximum Gasteiger partial charge on any atom is 0.408 e. The fourth-order valence-corrected chi connectivity index (χ4v) is 4.80. The Morgan fingerprint density at radius 1 is 0.787 bits per heavy atom. The summed E-state index contributed by atoms with van der Waals surface area (Å²) in [6.07, 6.45) is 1.98. The van der Waals surface area contributed by atoms with Crippen molar-refractivity contribution in [2.45, 2.75) is 50.5 Å². The van der Waals surface area contributed by atoms with Crippen LogP contribution in [0.5, 0.6) is 0 Å². The number of hydrogen-bond donors (Lipinski definition) is 4. The van der Waals surface area contributed by atoms with Gasteiger partial charge in [0.15, 0.2) is 0 Å². The monoisotopic (exact) mass is 641 g/mol. The predicted molar refractivity (Wildman–Crippen MR) is 179 cm³/mol. The highest BCUT2D eigenvalue weighted by Gasteiger charge is 2.28. The molecule has 0 unspecified atom stereocenters. The maximum absolute atomic E-state index is 13.3. The van der Waals surface area contributed by atoms with Crippen LogP contribution in [0.1, 0.15) is 42.1 Å². The van der Waals surface area contributed by atoms with Crippen molar-refractivity contribution in [2.24, 2.45) is 5.92 Å². The predicted octanol–water partition coefficient (Wildman–Crippen LogP) is 4.56.